The monoisotopic (exact) mass is 933 g/mol. The average molecular weight is 934 g/mol. The number of nitrogens with zero attached hydrogens (tertiary/aromatic N) is 7. The van der Waals surface area contributed by atoms with Gasteiger partial charge in [0.05, 0.1) is 31.8 Å². The lowest BCUT2D eigenvalue weighted by Crippen LogP contribution is -2.34. The van der Waals surface area contributed by atoms with Crippen molar-refractivity contribution in [2.45, 2.75) is 113 Å². The molecule has 2 unspecified atom stereocenters. The molecule has 0 radical (unpaired) electrons. The number of alkyl halides is 2. The number of ether oxygens (including phenoxy) is 3. The molecule has 0 amide bonds. The van der Waals surface area contributed by atoms with Crippen molar-refractivity contribution in [2.75, 3.05) is 37.4 Å². The molecule has 1 aliphatic carbocycles. The predicted molar refractivity (Wildman–Crippen MR) is 223 cm³/mol. The Morgan fingerprint density at radius 3 is 2.45 bits per heavy atom. The summed E-state index contributed by atoms with van der Waals surface area (Å²) in [4.78, 5) is 56.8. The summed E-state index contributed by atoms with van der Waals surface area (Å²) in [5.41, 5.74) is 8.77. The third-order valence-corrected chi connectivity index (χ3v) is 15.5. The summed E-state index contributed by atoms with van der Waals surface area (Å²) in [5.74, 6) is -0.223. The van der Waals surface area contributed by atoms with Crippen molar-refractivity contribution in [1.82, 2.24) is 34.1 Å². The van der Waals surface area contributed by atoms with Gasteiger partial charge >= 0.3 is 19.4 Å². The molecule has 2 bridgehead atoms. The zero-order valence-corrected chi connectivity index (χ0v) is 37.4. The lowest BCUT2D eigenvalue weighted by molar-refractivity contribution is -0.143. The lowest BCUT2D eigenvalue weighted by atomic mass is 10.1. The second-order valence-corrected chi connectivity index (χ2v) is 27.5. The Kier molecular flexibility index (Phi) is 12.8. The Hall–Kier alpha value is -2.70. The van der Waals surface area contributed by atoms with Gasteiger partial charge < -0.3 is 48.7 Å². The van der Waals surface area contributed by atoms with Crippen LogP contribution in [0.5, 0.6) is 0 Å². The van der Waals surface area contributed by atoms with Gasteiger partial charge in [0.15, 0.2) is 36.3 Å². The number of carbonyl (C=O) groups excluding carboxylic acids is 1. The fourth-order valence-corrected chi connectivity index (χ4v) is 11.2. The van der Waals surface area contributed by atoms with Crippen LogP contribution in [0.1, 0.15) is 49.4 Å². The van der Waals surface area contributed by atoms with Gasteiger partial charge in [0, 0.05) is 32.6 Å². The van der Waals surface area contributed by atoms with Crippen molar-refractivity contribution < 1.29 is 55.7 Å². The minimum atomic E-state index is -4.36. The van der Waals surface area contributed by atoms with Crippen LogP contribution in [0.15, 0.2) is 18.9 Å². The molecule has 8 rings (SSSR count). The number of aryl methyl sites for hydroxylation is 2. The van der Waals surface area contributed by atoms with Gasteiger partial charge in [0.2, 0.25) is 5.95 Å². The first-order valence-electron chi connectivity index (χ1n) is 19.6. The molecule has 0 saturated carbocycles. The van der Waals surface area contributed by atoms with E-state index in [0.29, 0.717) is 25.2 Å². The summed E-state index contributed by atoms with van der Waals surface area (Å²) in [6.45, 7) is -2.65. The number of hydrogen-bond acceptors (Lipinski definition) is 17. The SMILES string of the molecule is C[Si](C)(C)CCOC(=O)CCCNc1nc(N)c2ncn([C@@H]3O[C@@H]4COP(O)(=S)O[C@H]5[C@@H](F)[C@H](n6cc7c8c(ncnc86)CCCC7)O[C@@H]5COP(O)(=S)O[C@@H]3[C@@H]4F)c2n1. The van der Waals surface area contributed by atoms with E-state index in [4.69, 9.17) is 61.7 Å². The van der Waals surface area contributed by atoms with Gasteiger partial charge in [-0.2, -0.15) is 9.97 Å². The molecule has 3 fully saturated rings. The Balaban J connectivity index is 1.000. The number of hydrogen-bond donors (Lipinski definition) is 4. The lowest BCUT2D eigenvalue weighted by Gasteiger charge is -2.27. The highest BCUT2D eigenvalue weighted by Crippen LogP contribution is 2.55. The zero-order chi connectivity index (χ0) is 42.6. The van der Waals surface area contributed by atoms with Crippen molar-refractivity contribution in [3.8, 4) is 0 Å². The standard InChI is InChI=1S/C34H47F2N9O10P2S2Si/c1-60(2,3)12-11-49-22(46)9-6-10-38-34-42-29(37)26-31(43-34)45(17-41-26)33-28-24(35)20(52-33)14-50-56(47,58)54-27-21(15-51-57(48,59)55-28)53-32(25(27)36)44-13-18-7-4-5-8-19-23(18)30(44)40-16-39-19/h13,16-17,20-21,24-25,27-28,32-33H,4-12,14-15H2,1-3H3,(H,47,58)(H,48,59)(H3,37,38,42,43)/t20-,21-,24-,25-,27-,28-,32-,33-,56?,57?/m1/s1. The molecular weight excluding hydrogens is 887 g/mol. The first-order chi connectivity index (χ1) is 28.5. The number of nitrogens with one attached hydrogen (secondary N) is 1. The van der Waals surface area contributed by atoms with Crippen LogP contribution in [-0.4, -0.2) is 121 Å². The van der Waals surface area contributed by atoms with E-state index in [2.05, 4.69) is 49.9 Å². The van der Waals surface area contributed by atoms with E-state index >= 15 is 8.78 Å². The van der Waals surface area contributed by atoms with Crippen molar-refractivity contribution in [1.29, 1.82) is 0 Å². The number of fused-ring (bicyclic) bond motifs is 4. The molecule has 10 atom stereocenters. The van der Waals surface area contributed by atoms with Gasteiger partial charge in [-0.1, -0.05) is 19.6 Å². The number of anilines is 2. The molecule has 0 spiro atoms. The highest BCUT2D eigenvalue weighted by atomic mass is 32.5. The largest absolute Gasteiger partial charge is 0.466 e. The topological polar surface area (TPSA) is 234 Å². The number of nitrogens with two attached hydrogens (primary N) is 1. The van der Waals surface area contributed by atoms with E-state index < -0.39 is 83.9 Å². The Morgan fingerprint density at radius 1 is 0.967 bits per heavy atom. The Bertz CT molecular complexity index is 2350. The molecule has 26 heteroatoms. The van der Waals surface area contributed by atoms with E-state index in [0.717, 1.165) is 48.4 Å². The van der Waals surface area contributed by atoms with Crippen LogP contribution >= 0.6 is 13.4 Å². The van der Waals surface area contributed by atoms with Gasteiger partial charge in [0.25, 0.3) is 0 Å². The number of esters is 1. The average Bonchev–Trinajstić information content (AvgIpc) is 3.88. The van der Waals surface area contributed by atoms with E-state index in [-0.39, 0.29) is 35.3 Å². The second kappa shape index (κ2) is 17.5. The van der Waals surface area contributed by atoms with Crippen LogP contribution < -0.4 is 11.1 Å². The summed E-state index contributed by atoms with van der Waals surface area (Å²) in [6.07, 6.45) is -4.27. The van der Waals surface area contributed by atoms with Gasteiger partial charge in [-0.25, -0.2) is 23.7 Å². The molecule has 7 heterocycles. The van der Waals surface area contributed by atoms with E-state index in [9.17, 15) is 14.6 Å². The smallest absolute Gasteiger partial charge is 0.325 e. The minimum Gasteiger partial charge on any atom is -0.466 e. The first kappa shape index (κ1) is 43.9. The molecular formula is C34H47F2N9O10P2S2Si. The number of imidazole rings is 1. The molecule has 60 heavy (non-hydrogen) atoms. The normalized spacial score (nSPS) is 32.5. The van der Waals surface area contributed by atoms with Crippen LogP contribution in [0.3, 0.4) is 0 Å². The molecule has 3 aliphatic heterocycles. The maximum absolute atomic E-state index is 16.6. The van der Waals surface area contributed by atoms with Gasteiger partial charge in [-0.3, -0.25) is 18.4 Å². The fraction of sp³-hybridized carbons (Fsp3) is 0.647. The number of rotatable bonds is 10. The van der Waals surface area contributed by atoms with E-state index in [1.807, 2.05) is 0 Å². The van der Waals surface area contributed by atoms with Crippen LogP contribution in [0.4, 0.5) is 20.5 Å². The van der Waals surface area contributed by atoms with Gasteiger partial charge in [-0.05, 0) is 67.3 Å². The fourth-order valence-electron chi connectivity index (χ4n) is 7.64. The third-order valence-electron chi connectivity index (χ3n) is 10.7. The molecule has 5 N–H and O–H groups in total. The first-order valence-corrected chi connectivity index (χ1v) is 28.5. The predicted octanol–water partition coefficient (Wildman–Crippen LogP) is 4.53. The molecule has 328 valence electrons. The van der Waals surface area contributed by atoms with Crippen LogP contribution in [0, 0.1) is 0 Å². The zero-order valence-electron chi connectivity index (χ0n) is 33.0. The summed E-state index contributed by atoms with van der Waals surface area (Å²) in [6, 6.07) is 0.875. The maximum atomic E-state index is 16.6. The number of nitrogen functional groups attached to an aromatic ring is 1. The molecule has 4 aromatic rings. The van der Waals surface area contributed by atoms with E-state index in [1.165, 1.54) is 17.2 Å². The molecule has 4 aromatic heterocycles. The van der Waals surface area contributed by atoms with Crippen LogP contribution in [0.25, 0.3) is 22.2 Å². The summed E-state index contributed by atoms with van der Waals surface area (Å²) < 4.78 is 76.3. The summed E-state index contributed by atoms with van der Waals surface area (Å²) in [7, 11) is -1.34. The number of halogens is 2. The van der Waals surface area contributed by atoms with Crippen molar-refractivity contribution in [3.05, 3.63) is 30.1 Å². The Morgan fingerprint density at radius 2 is 1.68 bits per heavy atom. The molecule has 3 saturated heterocycles. The van der Waals surface area contributed by atoms with E-state index in [1.54, 1.807) is 10.8 Å². The van der Waals surface area contributed by atoms with Crippen molar-refractivity contribution in [2.24, 2.45) is 0 Å². The van der Waals surface area contributed by atoms with Gasteiger partial charge in [0.1, 0.15) is 41.9 Å². The minimum absolute atomic E-state index is 0.00847. The molecule has 4 aliphatic rings. The molecule has 19 nitrogen and oxygen atoms in total. The van der Waals surface area contributed by atoms with Crippen molar-refractivity contribution in [3.63, 3.8) is 0 Å². The highest BCUT2D eigenvalue weighted by Gasteiger charge is 2.54. The summed E-state index contributed by atoms with van der Waals surface area (Å²) in [5, 5.41) is 3.87. The Labute approximate surface area is 354 Å². The second-order valence-electron chi connectivity index (χ2n) is 16.3. The highest BCUT2D eigenvalue weighted by molar-refractivity contribution is 8.07. The van der Waals surface area contributed by atoms with Gasteiger partial charge in [-0.15, -0.1) is 0 Å². The molecule has 0 aromatic carbocycles. The third kappa shape index (κ3) is 9.46. The quantitative estimate of drug-likeness (QED) is 0.0740. The number of aromatic nitrogens is 7. The maximum Gasteiger partial charge on any atom is 0.325 e. The van der Waals surface area contributed by atoms with Crippen molar-refractivity contribution >= 4 is 85.1 Å². The van der Waals surface area contributed by atoms with Crippen LogP contribution in [0.2, 0.25) is 25.7 Å². The number of carbonyl (C=O) groups is 1. The summed E-state index contributed by atoms with van der Waals surface area (Å²) >= 11 is 10.7. The van der Waals surface area contributed by atoms with Crippen LogP contribution in [-0.2, 0) is 73.6 Å².